The lowest BCUT2D eigenvalue weighted by Gasteiger charge is -2.06. The summed E-state index contributed by atoms with van der Waals surface area (Å²) in [5.74, 6) is 0.206. The molecule has 0 aliphatic heterocycles. The van der Waals surface area contributed by atoms with E-state index in [-0.39, 0.29) is 5.92 Å². The summed E-state index contributed by atoms with van der Waals surface area (Å²) in [5, 5.41) is 0. The van der Waals surface area contributed by atoms with E-state index >= 15 is 0 Å². The fourth-order valence-electron chi connectivity index (χ4n) is 1.01. The van der Waals surface area contributed by atoms with Crippen LogP contribution in [0.1, 0.15) is 11.5 Å². The van der Waals surface area contributed by atoms with E-state index in [4.69, 9.17) is 0 Å². The van der Waals surface area contributed by atoms with Gasteiger partial charge in [-0.1, -0.05) is 18.2 Å². The second kappa shape index (κ2) is 4.36. The second-order valence-electron chi connectivity index (χ2n) is 2.62. The zero-order chi connectivity index (χ0) is 8.97. The number of rotatable bonds is 3. The quantitative estimate of drug-likeness (QED) is 0.503. The van der Waals surface area contributed by atoms with Crippen LogP contribution in [-0.4, -0.2) is 6.26 Å². The molecule has 0 saturated heterocycles. The molecule has 0 aliphatic rings. The van der Waals surface area contributed by atoms with Crippen LogP contribution in [-0.2, 0) is 0 Å². The minimum atomic E-state index is 0.206. The number of allylic oxidation sites excluding steroid dienone is 1. The minimum Gasteiger partial charge on any atom is -0.130 e. The molecule has 12 heavy (non-hydrogen) atoms. The Labute approximate surface area is 78.7 Å². The van der Waals surface area contributed by atoms with Crippen molar-refractivity contribution in [1.29, 1.82) is 0 Å². The van der Waals surface area contributed by atoms with Crippen LogP contribution in [0.2, 0.25) is 0 Å². The molecule has 1 rings (SSSR count). The van der Waals surface area contributed by atoms with Gasteiger partial charge in [-0.15, -0.1) is 18.3 Å². The lowest BCUT2D eigenvalue weighted by Crippen LogP contribution is -1.88. The Bertz CT molecular complexity index is 265. The molecule has 1 radical (unpaired) electrons. The van der Waals surface area contributed by atoms with Crippen LogP contribution in [0.5, 0.6) is 0 Å². The summed E-state index contributed by atoms with van der Waals surface area (Å²) in [4.78, 5) is 1.28. The molecule has 0 aromatic heterocycles. The molecule has 1 heteroatoms. The monoisotopic (exact) mass is 177 g/mol. The highest BCUT2D eigenvalue weighted by molar-refractivity contribution is 7.98. The Morgan fingerprint density at radius 3 is 2.83 bits per heavy atom. The maximum absolute atomic E-state index is 3.97. The average Bonchev–Trinajstić information content (AvgIpc) is 2.17. The molecule has 1 unspecified atom stereocenters. The van der Waals surface area contributed by atoms with Gasteiger partial charge in [0.05, 0.1) is 0 Å². The SMILES string of the molecule is [CH2]C(C=C)c1cccc(SC)c1. The van der Waals surface area contributed by atoms with E-state index in [1.54, 1.807) is 11.8 Å². The number of benzene rings is 1. The Hall–Kier alpha value is -0.690. The highest BCUT2D eigenvalue weighted by Gasteiger charge is 2.00. The molecule has 0 heterocycles. The normalized spacial score (nSPS) is 12.5. The minimum absolute atomic E-state index is 0.206. The van der Waals surface area contributed by atoms with Crippen LogP contribution in [0, 0.1) is 6.92 Å². The molecular weight excluding hydrogens is 164 g/mol. The summed E-state index contributed by atoms with van der Waals surface area (Å²) >= 11 is 1.75. The Kier molecular flexibility index (Phi) is 3.42. The molecule has 1 aromatic carbocycles. The first kappa shape index (κ1) is 9.40. The molecule has 0 aliphatic carbocycles. The molecule has 0 fully saturated rings. The van der Waals surface area contributed by atoms with Crippen molar-refractivity contribution in [3.05, 3.63) is 49.4 Å². The first-order valence-electron chi connectivity index (χ1n) is 3.87. The van der Waals surface area contributed by atoms with Gasteiger partial charge in [-0.05, 0) is 30.9 Å². The van der Waals surface area contributed by atoms with Gasteiger partial charge >= 0.3 is 0 Å². The van der Waals surface area contributed by atoms with Gasteiger partial charge in [-0.2, -0.15) is 0 Å². The van der Waals surface area contributed by atoms with Crippen LogP contribution >= 0.6 is 11.8 Å². The van der Waals surface area contributed by atoms with Crippen LogP contribution in [0.4, 0.5) is 0 Å². The maximum Gasteiger partial charge on any atom is 0.00720 e. The highest BCUT2D eigenvalue weighted by Crippen LogP contribution is 2.21. The van der Waals surface area contributed by atoms with Crippen molar-refractivity contribution in [2.45, 2.75) is 10.8 Å². The molecule has 0 nitrogen and oxygen atoms in total. The van der Waals surface area contributed by atoms with Crippen molar-refractivity contribution in [3.63, 3.8) is 0 Å². The van der Waals surface area contributed by atoms with Gasteiger partial charge in [0.15, 0.2) is 0 Å². The molecule has 0 spiro atoms. The lowest BCUT2D eigenvalue weighted by atomic mass is 10.0. The van der Waals surface area contributed by atoms with Crippen LogP contribution in [0.15, 0.2) is 41.8 Å². The van der Waals surface area contributed by atoms with Crippen molar-refractivity contribution in [2.75, 3.05) is 6.26 Å². The summed E-state index contributed by atoms with van der Waals surface area (Å²) in [6.45, 7) is 7.70. The summed E-state index contributed by atoms with van der Waals surface area (Å²) in [6, 6.07) is 8.40. The van der Waals surface area contributed by atoms with E-state index in [0.29, 0.717) is 0 Å². The van der Waals surface area contributed by atoms with Gasteiger partial charge in [0.25, 0.3) is 0 Å². The van der Waals surface area contributed by atoms with E-state index in [2.05, 4.69) is 44.0 Å². The molecule has 1 atom stereocenters. The van der Waals surface area contributed by atoms with Crippen LogP contribution in [0.25, 0.3) is 0 Å². The third-order valence-corrected chi connectivity index (χ3v) is 2.53. The van der Waals surface area contributed by atoms with E-state index in [1.807, 2.05) is 6.08 Å². The first-order valence-corrected chi connectivity index (χ1v) is 5.10. The maximum atomic E-state index is 3.97. The highest BCUT2D eigenvalue weighted by atomic mass is 32.2. The summed E-state index contributed by atoms with van der Waals surface area (Å²) in [6.07, 6.45) is 3.94. The molecule has 0 N–H and O–H groups in total. The first-order chi connectivity index (χ1) is 5.77. The predicted molar refractivity (Wildman–Crippen MR) is 56.5 cm³/mol. The fourth-order valence-corrected chi connectivity index (χ4v) is 1.48. The van der Waals surface area contributed by atoms with Crippen molar-refractivity contribution >= 4 is 11.8 Å². The van der Waals surface area contributed by atoms with Crippen LogP contribution < -0.4 is 0 Å². The Balaban J connectivity index is 2.93. The standard InChI is InChI=1S/C11H13S/c1-4-9(2)10-6-5-7-11(8-10)12-3/h4-9H,1-2H2,3H3. The molecule has 0 bridgehead atoms. The van der Waals surface area contributed by atoms with Crippen molar-refractivity contribution in [2.24, 2.45) is 0 Å². The van der Waals surface area contributed by atoms with Crippen molar-refractivity contribution in [3.8, 4) is 0 Å². The predicted octanol–water partition coefficient (Wildman–Crippen LogP) is 3.51. The molecular formula is C11H13S. The average molecular weight is 177 g/mol. The van der Waals surface area contributed by atoms with Gasteiger partial charge in [0, 0.05) is 10.8 Å². The third-order valence-electron chi connectivity index (χ3n) is 1.81. The Morgan fingerprint density at radius 1 is 1.50 bits per heavy atom. The Morgan fingerprint density at radius 2 is 2.25 bits per heavy atom. The molecule has 63 valence electrons. The van der Waals surface area contributed by atoms with Gasteiger partial charge in [0.2, 0.25) is 0 Å². The zero-order valence-electron chi connectivity index (χ0n) is 7.29. The topological polar surface area (TPSA) is 0 Å². The largest absolute Gasteiger partial charge is 0.130 e. The van der Waals surface area contributed by atoms with E-state index in [9.17, 15) is 0 Å². The molecule has 1 aromatic rings. The van der Waals surface area contributed by atoms with E-state index in [1.165, 1.54) is 10.5 Å². The number of hydrogen-bond donors (Lipinski definition) is 0. The number of thioether (sulfide) groups is 1. The van der Waals surface area contributed by atoms with Crippen molar-refractivity contribution in [1.82, 2.24) is 0 Å². The van der Waals surface area contributed by atoms with Gasteiger partial charge in [-0.3, -0.25) is 0 Å². The fraction of sp³-hybridized carbons (Fsp3) is 0.182. The number of hydrogen-bond acceptors (Lipinski definition) is 1. The summed E-state index contributed by atoms with van der Waals surface area (Å²) in [5.41, 5.74) is 1.23. The van der Waals surface area contributed by atoms with E-state index in [0.717, 1.165) is 0 Å². The summed E-state index contributed by atoms with van der Waals surface area (Å²) in [7, 11) is 0. The third kappa shape index (κ3) is 2.15. The molecule has 0 saturated carbocycles. The van der Waals surface area contributed by atoms with Gasteiger partial charge in [0.1, 0.15) is 0 Å². The smallest absolute Gasteiger partial charge is 0.00720 e. The second-order valence-corrected chi connectivity index (χ2v) is 3.50. The van der Waals surface area contributed by atoms with Crippen molar-refractivity contribution < 1.29 is 0 Å². The zero-order valence-corrected chi connectivity index (χ0v) is 8.10. The van der Waals surface area contributed by atoms with Crippen LogP contribution in [0.3, 0.4) is 0 Å². The van der Waals surface area contributed by atoms with Gasteiger partial charge < -0.3 is 0 Å². The van der Waals surface area contributed by atoms with E-state index < -0.39 is 0 Å². The van der Waals surface area contributed by atoms with Gasteiger partial charge in [-0.25, -0.2) is 0 Å². The summed E-state index contributed by atoms with van der Waals surface area (Å²) < 4.78 is 0. The molecule has 0 amide bonds. The lowest BCUT2D eigenvalue weighted by molar-refractivity contribution is 1.07.